The van der Waals surface area contributed by atoms with E-state index < -0.39 is 11.6 Å². The number of hydrogen-bond acceptors (Lipinski definition) is 0. The van der Waals surface area contributed by atoms with Gasteiger partial charge in [0.1, 0.15) is 11.6 Å². The molecule has 0 amide bonds. The largest absolute Gasteiger partial charge is 0.207 e. The van der Waals surface area contributed by atoms with Crippen molar-refractivity contribution in [1.82, 2.24) is 0 Å². The molecule has 0 N–H and O–H groups in total. The first-order valence-corrected chi connectivity index (χ1v) is 7.12. The van der Waals surface area contributed by atoms with Crippen LogP contribution < -0.4 is 0 Å². The molecule has 1 aromatic rings. The van der Waals surface area contributed by atoms with Gasteiger partial charge in [-0.05, 0) is 35.3 Å². The molecule has 1 fully saturated rings. The highest BCUT2D eigenvalue weighted by Gasteiger charge is 2.67. The predicted octanol–water partition coefficient (Wildman–Crippen LogP) is 5.39. The van der Waals surface area contributed by atoms with Crippen LogP contribution >= 0.6 is 15.9 Å². The first-order chi connectivity index (χ1) is 8.10. The zero-order valence-corrected chi connectivity index (χ0v) is 13.0. The smallest absolute Gasteiger partial charge is 0.130 e. The molecule has 0 heterocycles. The van der Waals surface area contributed by atoms with Crippen molar-refractivity contribution in [1.29, 1.82) is 0 Å². The fourth-order valence-electron chi connectivity index (χ4n) is 3.05. The van der Waals surface area contributed by atoms with E-state index in [4.69, 9.17) is 0 Å². The lowest BCUT2D eigenvalue weighted by atomic mass is 10.0. The molecule has 100 valence electrons. The standard InChI is InChI=1S/C15H19BrF2/c1-8-6-9(11(18)7-10(8)17)12(16)13-14(2,3)15(13,4)5/h6-7,12-13H,1-5H3. The van der Waals surface area contributed by atoms with E-state index in [-0.39, 0.29) is 15.7 Å². The second kappa shape index (κ2) is 4.03. The third-order valence-electron chi connectivity index (χ3n) is 5.00. The third kappa shape index (κ3) is 1.82. The molecule has 1 unspecified atom stereocenters. The molecular weight excluding hydrogens is 298 g/mol. The molecule has 0 saturated heterocycles. The molecule has 1 saturated carbocycles. The number of benzene rings is 1. The van der Waals surface area contributed by atoms with Crippen LogP contribution in [0, 0.1) is 35.3 Å². The summed E-state index contributed by atoms with van der Waals surface area (Å²) in [6.07, 6.45) is 0. The van der Waals surface area contributed by atoms with Gasteiger partial charge < -0.3 is 0 Å². The van der Waals surface area contributed by atoms with Gasteiger partial charge in [0.05, 0.1) is 0 Å². The highest BCUT2D eigenvalue weighted by molar-refractivity contribution is 9.09. The van der Waals surface area contributed by atoms with Gasteiger partial charge in [0.25, 0.3) is 0 Å². The van der Waals surface area contributed by atoms with Crippen molar-refractivity contribution in [2.75, 3.05) is 0 Å². The van der Waals surface area contributed by atoms with Crippen molar-refractivity contribution in [3.8, 4) is 0 Å². The summed E-state index contributed by atoms with van der Waals surface area (Å²) in [5, 5.41) is 0. The van der Waals surface area contributed by atoms with Crippen molar-refractivity contribution in [2.24, 2.45) is 16.7 Å². The summed E-state index contributed by atoms with van der Waals surface area (Å²) >= 11 is 3.61. The summed E-state index contributed by atoms with van der Waals surface area (Å²) in [5.74, 6) is -0.590. The Morgan fingerprint density at radius 1 is 1.06 bits per heavy atom. The fraction of sp³-hybridized carbons (Fsp3) is 0.600. The zero-order valence-electron chi connectivity index (χ0n) is 11.4. The minimum absolute atomic E-state index is 0.0678. The second-order valence-corrected chi connectivity index (χ2v) is 7.43. The van der Waals surface area contributed by atoms with Crippen molar-refractivity contribution in [3.05, 3.63) is 34.9 Å². The van der Waals surface area contributed by atoms with Crippen LogP contribution in [0.2, 0.25) is 0 Å². The summed E-state index contributed by atoms with van der Waals surface area (Å²) in [4.78, 5) is -0.0678. The van der Waals surface area contributed by atoms with Crippen molar-refractivity contribution in [2.45, 2.75) is 39.4 Å². The summed E-state index contributed by atoms with van der Waals surface area (Å²) in [6.45, 7) is 10.4. The maximum absolute atomic E-state index is 13.9. The molecule has 0 aliphatic heterocycles. The van der Waals surface area contributed by atoms with Crippen molar-refractivity contribution >= 4 is 15.9 Å². The maximum Gasteiger partial charge on any atom is 0.130 e. The Balaban J connectivity index is 2.37. The van der Waals surface area contributed by atoms with Crippen LogP contribution in [-0.4, -0.2) is 0 Å². The second-order valence-electron chi connectivity index (χ2n) is 6.45. The van der Waals surface area contributed by atoms with Gasteiger partial charge in [-0.2, -0.15) is 0 Å². The van der Waals surface area contributed by atoms with E-state index in [2.05, 4.69) is 43.6 Å². The van der Waals surface area contributed by atoms with Gasteiger partial charge in [-0.1, -0.05) is 43.6 Å². The van der Waals surface area contributed by atoms with Crippen molar-refractivity contribution < 1.29 is 8.78 Å². The van der Waals surface area contributed by atoms with Gasteiger partial charge >= 0.3 is 0 Å². The summed E-state index contributed by atoms with van der Waals surface area (Å²) in [7, 11) is 0. The molecule has 1 aromatic carbocycles. The van der Waals surface area contributed by atoms with Crippen LogP contribution in [0.15, 0.2) is 12.1 Å². The van der Waals surface area contributed by atoms with E-state index in [1.165, 1.54) is 0 Å². The molecule has 0 nitrogen and oxygen atoms in total. The van der Waals surface area contributed by atoms with Crippen LogP contribution in [0.5, 0.6) is 0 Å². The molecule has 1 aliphatic rings. The summed E-state index contributed by atoms with van der Waals surface area (Å²) in [5.41, 5.74) is 1.39. The Labute approximate surface area is 116 Å². The van der Waals surface area contributed by atoms with Gasteiger partial charge in [0.2, 0.25) is 0 Å². The van der Waals surface area contributed by atoms with E-state index in [1.807, 2.05) is 0 Å². The fourth-order valence-corrected chi connectivity index (χ4v) is 4.72. The Morgan fingerprint density at radius 2 is 1.56 bits per heavy atom. The summed E-state index contributed by atoms with van der Waals surface area (Å²) in [6, 6.07) is 2.61. The number of alkyl halides is 1. The number of rotatable bonds is 2. The molecule has 18 heavy (non-hydrogen) atoms. The minimum Gasteiger partial charge on any atom is -0.207 e. The number of aryl methyl sites for hydroxylation is 1. The van der Waals surface area contributed by atoms with Gasteiger partial charge in [-0.3, -0.25) is 0 Å². The minimum atomic E-state index is -0.481. The topological polar surface area (TPSA) is 0 Å². The Hall–Kier alpha value is -0.440. The number of hydrogen-bond donors (Lipinski definition) is 0. The average molecular weight is 317 g/mol. The monoisotopic (exact) mass is 316 g/mol. The van der Waals surface area contributed by atoms with E-state index in [1.54, 1.807) is 13.0 Å². The molecule has 1 aliphatic carbocycles. The van der Waals surface area contributed by atoms with Crippen LogP contribution in [0.3, 0.4) is 0 Å². The van der Waals surface area contributed by atoms with Gasteiger partial charge in [0, 0.05) is 16.5 Å². The summed E-state index contributed by atoms with van der Waals surface area (Å²) < 4.78 is 27.2. The van der Waals surface area contributed by atoms with E-state index in [0.717, 1.165) is 6.07 Å². The molecule has 0 spiro atoms. The van der Waals surface area contributed by atoms with E-state index in [0.29, 0.717) is 17.0 Å². The Morgan fingerprint density at radius 3 is 2.00 bits per heavy atom. The molecule has 0 aromatic heterocycles. The molecular formula is C15H19BrF2. The van der Waals surface area contributed by atoms with Crippen LogP contribution in [0.25, 0.3) is 0 Å². The number of halogens is 3. The molecule has 2 rings (SSSR count). The quantitative estimate of drug-likeness (QED) is 0.641. The first-order valence-electron chi connectivity index (χ1n) is 6.20. The zero-order chi connectivity index (χ0) is 13.9. The molecule has 1 atom stereocenters. The van der Waals surface area contributed by atoms with Gasteiger partial charge in [-0.25, -0.2) is 8.78 Å². The average Bonchev–Trinajstić information content (AvgIpc) is 2.62. The SMILES string of the molecule is Cc1cc(C(Br)C2C(C)(C)C2(C)C)c(F)cc1F. The van der Waals surface area contributed by atoms with Crippen molar-refractivity contribution in [3.63, 3.8) is 0 Å². The predicted molar refractivity (Wildman–Crippen MR) is 73.8 cm³/mol. The molecule has 3 heteroatoms. The van der Waals surface area contributed by atoms with Crippen LogP contribution in [0.4, 0.5) is 8.78 Å². The third-order valence-corrected chi connectivity index (χ3v) is 6.02. The first kappa shape index (κ1) is 14.0. The lowest BCUT2D eigenvalue weighted by Gasteiger charge is -2.14. The normalized spacial score (nSPS) is 22.9. The molecule has 0 radical (unpaired) electrons. The van der Waals surface area contributed by atoms with E-state index in [9.17, 15) is 8.78 Å². The lowest BCUT2D eigenvalue weighted by Crippen LogP contribution is -2.03. The maximum atomic E-state index is 13.9. The highest BCUT2D eigenvalue weighted by atomic mass is 79.9. The highest BCUT2D eigenvalue weighted by Crippen LogP contribution is 2.74. The Kier molecular flexibility index (Phi) is 3.13. The van der Waals surface area contributed by atoms with Crippen LogP contribution in [-0.2, 0) is 0 Å². The van der Waals surface area contributed by atoms with E-state index >= 15 is 0 Å². The molecule has 0 bridgehead atoms. The van der Waals surface area contributed by atoms with Gasteiger partial charge in [-0.15, -0.1) is 0 Å². The lowest BCUT2D eigenvalue weighted by molar-refractivity contribution is 0.457. The van der Waals surface area contributed by atoms with Crippen LogP contribution in [0.1, 0.15) is 43.6 Å². The Bertz CT molecular complexity index is 478. The van der Waals surface area contributed by atoms with Gasteiger partial charge in [0.15, 0.2) is 0 Å².